The second-order valence-electron chi connectivity index (χ2n) is 5.36. The van der Waals surface area contributed by atoms with Crippen LogP contribution in [0, 0.1) is 5.92 Å². The fraction of sp³-hybridized carbons (Fsp3) is 0.846. The SMILES string of the molecule is O=C(O)CC1CCCCN1C(=O)NCC1CCSC1. The van der Waals surface area contributed by atoms with Gasteiger partial charge < -0.3 is 15.3 Å². The van der Waals surface area contributed by atoms with Crippen LogP contribution in [0.4, 0.5) is 4.79 Å². The predicted octanol–water partition coefficient (Wildman–Crippen LogP) is 1.78. The average molecular weight is 286 g/mol. The van der Waals surface area contributed by atoms with Gasteiger partial charge in [0.05, 0.1) is 6.42 Å². The van der Waals surface area contributed by atoms with Crippen molar-refractivity contribution < 1.29 is 14.7 Å². The number of carboxylic acid groups (broad SMARTS) is 1. The van der Waals surface area contributed by atoms with Crippen molar-refractivity contribution in [3.05, 3.63) is 0 Å². The fourth-order valence-corrected chi connectivity index (χ4v) is 4.04. The molecule has 0 radical (unpaired) electrons. The minimum Gasteiger partial charge on any atom is -0.481 e. The molecule has 0 bridgehead atoms. The number of nitrogens with zero attached hydrogens (tertiary/aromatic N) is 1. The van der Waals surface area contributed by atoms with E-state index >= 15 is 0 Å². The monoisotopic (exact) mass is 286 g/mol. The Morgan fingerprint density at radius 2 is 2.16 bits per heavy atom. The standard InChI is InChI=1S/C13H22N2O3S/c16-12(17)7-11-3-1-2-5-15(11)13(18)14-8-10-4-6-19-9-10/h10-11H,1-9H2,(H,14,18)(H,16,17). The van der Waals surface area contributed by atoms with Gasteiger partial charge in [-0.05, 0) is 43.1 Å². The van der Waals surface area contributed by atoms with E-state index in [1.807, 2.05) is 11.8 Å². The molecule has 0 aromatic carbocycles. The van der Waals surface area contributed by atoms with Crippen LogP contribution in [-0.2, 0) is 4.79 Å². The van der Waals surface area contributed by atoms with Gasteiger partial charge in [0.2, 0.25) is 0 Å². The summed E-state index contributed by atoms with van der Waals surface area (Å²) >= 11 is 1.94. The normalized spacial score (nSPS) is 27.3. The van der Waals surface area contributed by atoms with Crippen LogP contribution in [-0.4, -0.2) is 52.6 Å². The largest absolute Gasteiger partial charge is 0.481 e. The summed E-state index contributed by atoms with van der Waals surface area (Å²) < 4.78 is 0. The Hall–Kier alpha value is -0.910. The molecule has 108 valence electrons. The Kier molecular flexibility index (Phi) is 5.36. The van der Waals surface area contributed by atoms with Gasteiger partial charge in [-0.1, -0.05) is 0 Å². The van der Waals surface area contributed by atoms with Crippen LogP contribution in [0.25, 0.3) is 0 Å². The molecule has 0 aliphatic carbocycles. The van der Waals surface area contributed by atoms with Gasteiger partial charge in [0.1, 0.15) is 0 Å². The van der Waals surface area contributed by atoms with Crippen molar-refractivity contribution in [3.63, 3.8) is 0 Å². The number of nitrogens with one attached hydrogen (secondary N) is 1. The zero-order valence-corrected chi connectivity index (χ0v) is 12.0. The summed E-state index contributed by atoms with van der Waals surface area (Å²) in [6, 6.07) is -0.216. The number of carbonyl (C=O) groups is 2. The highest BCUT2D eigenvalue weighted by atomic mass is 32.2. The Morgan fingerprint density at radius 1 is 1.32 bits per heavy atom. The third-order valence-electron chi connectivity index (χ3n) is 3.86. The zero-order valence-electron chi connectivity index (χ0n) is 11.1. The van der Waals surface area contributed by atoms with Crippen molar-refractivity contribution in [2.45, 2.75) is 38.1 Å². The number of hydrogen-bond acceptors (Lipinski definition) is 3. The first-order valence-electron chi connectivity index (χ1n) is 7.01. The molecule has 6 heteroatoms. The maximum absolute atomic E-state index is 12.2. The first kappa shape index (κ1) is 14.5. The van der Waals surface area contributed by atoms with Crippen molar-refractivity contribution in [1.29, 1.82) is 0 Å². The number of piperidine rings is 1. The van der Waals surface area contributed by atoms with E-state index in [1.54, 1.807) is 4.90 Å². The topological polar surface area (TPSA) is 69.6 Å². The summed E-state index contributed by atoms with van der Waals surface area (Å²) in [6.45, 7) is 1.41. The minimum absolute atomic E-state index is 0.0622. The number of urea groups is 1. The molecular weight excluding hydrogens is 264 g/mol. The van der Waals surface area contributed by atoms with E-state index in [9.17, 15) is 9.59 Å². The third-order valence-corrected chi connectivity index (χ3v) is 5.10. The summed E-state index contributed by atoms with van der Waals surface area (Å²) in [7, 11) is 0. The molecule has 5 nitrogen and oxygen atoms in total. The number of rotatable bonds is 4. The van der Waals surface area contributed by atoms with E-state index in [0.717, 1.165) is 31.6 Å². The van der Waals surface area contributed by atoms with E-state index in [1.165, 1.54) is 12.2 Å². The Morgan fingerprint density at radius 3 is 2.84 bits per heavy atom. The number of amides is 2. The van der Waals surface area contributed by atoms with Crippen molar-refractivity contribution >= 4 is 23.8 Å². The molecule has 2 aliphatic rings. The van der Waals surface area contributed by atoms with Crippen LogP contribution >= 0.6 is 11.8 Å². The smallest absolute Gasteiger partial charge is 0.317 e. The van der Waals surface area contributed by atoms with Gasteiger partial charge in [0.25, 0.3) is 0 Å². The molecule has 2 rings (SSSR count). The van der Waals surface area contributed by atoms with Gasteiger partial charge in [-0.15, -0.1) is 0 Å². The highest BCUT2D eigenvalue weighted by Gasteiger charge is 2.28. The average Bonchev–Trinajstić information content (AvgIpc) is 2.89. The molecule has 0 aromatic heterocycles. The quantitative estimate of drug-likeness (QED) is 0.826. The molecular formula is C13H22N2O3S. The summed E-state index contributed by atoms with van der Waals surface area (Å²) in [5.41, 5.74) is 0. The minimum atomic E-state index is -0.822. The lowest BCUT2D eigenvalue weighted by atomic mass is 10.00. The lowest BCUT2D eigenvalue weighted by Gasteiger charge is -2.35. The molecule has 2 unspecified atom stereocenters. The van der Waals surface area contributed by atoms with Crippen molar-refractivity contribution in [3.8, 4) is 0 Å². The summed E-state index contributed by atoms with van der Waals surface area (Å²) in [4.78, 5) is 24.7. The lowest BCUT2D eigenvalue weighted by molar-refractivity contribution is -0.138. The molecule has 2 amide bonds. The van der Waals surface area contributed by atoms with Gasteiger partial charge in [-0.25, -0.2) is 4.79 Å². The van der Waals surface area contributed by atoms with E-state index in [-0.39, 0.29) is 18.5 Å². The van der Waals surface area contributed by atoms with Crippen LogP contribution in [0.3, 0.4) is 0 Å². The van der Waals surface area contributed by atoms with Gasteiger partial charge in [0.15, 0.2) is 0 Å². The number of hydrogen-bond donors (Lipinski definition) is 2. The Bertz CT molecular complexity index is 332. The van der Waals surface area contributed by atoms with Crippen LogP contribution in [0.2, 0.25) is 0 Å². The second kappa shape index (κ2) is 7.03. The summed E-state index contributed by atoms with van der Waals surface area (Å²) in [6.07, 6.45) is 4.03. The van der Waals surface area contributed by atoms with Crippen LogP contribution in [0.15, 0.2) is 0 Å². The number of aliphatic carboxylic acids is 1. The number of carbonyl (C=O) groups excluding carboxylic acids is 1. The maximum atomic E-state index is 12.2. The zero-order chi connectivity index (χ0) is 13.7. The second-order valence-corrected chi connectivity index (χ2v) is 6.51. The maximum Gasteiger partial charge on any atom is 0.317 e. The van der Waals surface area contributed by atoms with Gasteiger partial charge >= 0.3 is 12.0 Å². The van der Waals surface area contributed by atoms with Crippen molar-refractivity contribution in [1.82, 2.24) is 10.2 Å². The van der Waals surface area contributed by atoms with E-state index < -0.39 is 5.97 Å². The third kappa shape index (κ3) is 4.30. The number of thioether (sulfide) groups is 1. The molecule has 0 spiro atoms. The van der Waals surface area contributed by atoms with E-state index in [2.05, 4.69) is 5.32 Å². The summed E-state index contributed by atoms with van der Waals surface area (Å²) in [5.74, 6) is 2.07. The van der Waals surface area contributed by atoms with E-state index in [4.69, 9.17) is 5.11 Å². The van der Waals surface area contributed by atoms with E-state index in [0.29, 0.717) is 12.5 Å². The molecule has 0 aromatic rings. The Labute approximate surface area is 118 Å². The lowest BCUT2D eigenvalue weighted by Crippen LogP contribution is -2.50. The Balaban J connectivity index is 1.82. The van der Waals surface area contributed by atoms with Crippen LogP contribution in [0.5, 0.6) is 0 Å². The molecule has 2 saturated heterocycles. The molecule has 2 atom stereocenters. The molecule has 2 N–H and O–H groups in total. The molecule has 0 saturated carbocycles. The van der Waals surface area contributed by atoms with Gasteiger partial charge in [-0.3, -0.25) is 4.79 Å². The summed E-state index contributed by atoms with van der Waals surface area (Å²) in [5, 5.41) is 11.9. The first-order valence-corrected chi connectivity index (χ1v) is 8.16. The number of carboxylic acids is 1. The molecule has 19 heavy (non-hydrogen) atoms. The fourth-order valence-electron chi connectivity index (χ4n) is 2.76. The highest BCUT2D eigenvalue weighted by molar-refractivity contribution is 7.99. The molecule has 2 heterocycles. The van der Waals surface area contributed by atoms with Gasteiger partial charge in [-0.2, -0.15) is 11.8 Å². The van der Waals surface area contributed by atoms with Crippen LogP contribution in [0.1, 0.15) is 32.1 Å². The van der Waals surface area contributed by atoms with Gasteiger partial charge in [0, 0.05) is 19.1 Å². The predicted molar refractivity (Wildman–Crippen MR) is 75.4 cm³/mol. The van der Waals surface area contributed by atoms with Crippen LogP contribution < -0.4 is 5.32 Å². The molecule has 2 aliphatic heterocycles. The van der Waals surface area contributed by atoms with Crippen molar-refractivity contribution in [2.75, 3.05) is 24.6 Å². The number of likely N-dealkylation sites (tertiary alicyclic amines) is 1. The van der Waals surface area contributed by atoms with Crippen molar-refractivity contribution in [2.24, 2.45) is 5.92 Å². The highest BCUT2D eigenvalue weighted by Crippen LogP contribution is 2.23. The molecule has 2 fully saturated rings. The first-order chi connectivity index (χ1) is 9.16.